The molecule has 290 valence electrons. The average molecular weight is 774 g/mol. The van der Waals surface area contributed by atoms with Crippen molar-refractivity contribution < 1.29 is 0 Å². The lowest BCUT2D eigenvalue weighted by molar-refractivity contribution is 1.19. The van der Waals surface area contributed by atoms with Gasteiger partial charge < -0.3 is 4.90 Å². The van der Waals surface area contributed by atoms with Gasteiger partial charge in [-0.25, -0.2) is 4.85 Å². The summed E-state index contributed by atoms with van der Waals surface area (Å²) in [6.45, 7) is 32.9. The first-order chi connectivity index (χ1) is 28.7. The van der Waals surface area contributed by atoms with Gasteiger partial charge in [-0.1, -0.05) is 112 Å². The van der Waals surface area contributed by atoms with Gasteiger partial charge in [-0.2, -0.15) is 5.26 Å². The van der Waals surface area contributed by atoms with Crippen molar-refractivity contribution in [2.45, 2.75) is 76.2 Å². The van der Waals surface area contributed by atoms with E-state index in [1.165, 1.54) is 111 Å². The third-order valence-electron chi connectivity index (χ3n) is 14.7. The van der Waals surface area contributed by atoms with Crippen molar-refractivity contribution >= 4 is 69.0 Å². The molecule has 2 aliphatic heterocycles. The number of anilines is 3. The molecule has 2 heterocycles. The second-order valence-electron chi connectivity index (χ2n) is 17.5. The molecule has 0 unspecified atom stereocenters. The molecule has 0 N–H and O–H groups in total. The maximum absolute atomic E-state index is 9.61. The molecule has 0 spiro atoms. The molecule has 0 radical (unpaired) electrons. The van der Waals surface area contributed by atoms with Gasteiger partial charge in [0.05, 0.1) is 18.2 Å². The van der Waals surface area contributed by atoms with Gasteiger partial charge in [-0.15, -0.1) is 0 Å². The molecule has 5 heteroatoms. The highest BCUT2D eigenvalue weighted by Gasteiger charge is 2.45. The monoisotopic (exact) mass is 773 g/mol. The van der Waals surface area contributed by atoms with Gasteiger partial charge in [0, 0.05) is 17.1 Å². The normalized spacial score (nSPS) is 12.4. The fourth-order valence-corrected chi connectivity index (χ4v) is 10.6. The zero-order valence-corrected chi connectivity index (χ0v) is 36.7. The Morgan fingerprint density at radius 2 is 0.817 bits per heavy atom. The van der Waals surface area contributed by atoms with Crippen LogP contribution in [0.5, 0.6) is 0 Å². The maximum atomic E-state index is 9.61. The maximum Gasteiger partial charge on any atom is 0.247 e. The largest absolute Gasteiger partial charge is 0.313 e. The summed E-state index contributed by atoms with van der Waals surface area (Å²) in [4.78, 5) is 6.25. The highest BCUT2D eigenvalue weighted by molar-refractivity contribution is 7.02. The van der Waals surface area contributed by atoms with E-state index in [0.29, 0.717) is 11.3 Å². The molecule has 0 atom stereocenters. The van der Waals surface area contributed by atoms with Crippen LogP contribution in [-0.4, -0.2) is 13.4 Å². The minimum atomic E-state index is -0.00708. The lowest BCUT2D eigenvalue weighted by Crippen LogP contribution is -2.66. The first kappa shape index (κ1) is 38.9. The van der Waals surface area contributed by atoms with E-state index in [2.05, 4.69) is 165 Å². The summed E-state index contributed by atoms with van der Waals surface area (Å²) in [5, 5.41) is 9.61. The fraction of sp³-hybridized carbons (Fsp3) is 0.200. The number of nitriles is 1. The minimum absolute atomic E-state index is 0.00540. The van der Waals surface area contributed by atoms with Crippen molar-refractivity contribution in [2.24, 2.45) is 0 Å². The van der Waals surface area contributed by atoms with Gasteiger partial charge >= 0.3 is 0 Å². The van der Waals surface area contributed by atoms with Crippen LogP contribution in [-0.2, 0) is 0 Å². The van der Waals surface area contributed by atoms with E-state index < -0.39 is 0 Å². The van der Waals surface area contributed by atoms with Crippen LogP contribution in [0.25, 0.3) is 27.1 Å². The van der Waals surface area contributed by atoms with Gasteiger partial charge in [-0.3, -0.25) is 0 Å². The standard InChI is InChI=1S/C55H49B2N3/c1-30-25-49-55-50(26-30)57(54-39(10)35(6)32(3)36(7)40(54)11)48-28-45(43-17-21-46(59-12)22-18-43)20-24-52(48)60(55)51-23-19-44(42-15-13-41(29-58)14-16-42)27-47(51)56(49)53-37(8)33(4)31(2)34(5)38(53)9/h13-28H,1-11H3. The van der Waals surface area contributed by atoms with E-state index in [-0.39, 0.29) is 13.4 Å². The first-order valence-electron chi connectivity index (χ1n) is 21.1. The first-order valence-corrected chi connectivity index (χ1v) is 21.1. The van der Waals surface area contributed by atoms with E-state index in [9.17, 15) is 5.26 Å². The quantitative estimate of drug-likeness (QED) is 0.132. The van der Waals surface area contributed by atoms with Crippen LogP contribution in [0.15, 0.2) is 97.1 Å². The zero-order valence-electron chi connectivity index (χ0n) is 36.7. The van der Waals surface area contributed by atoms with Crippen LogP contribution < -0.4 is 37.7 Å². The lowest BCUT2D eigenvalue weighted by atomic mass is 9.29. The van der Waals surface area contributed by atoms with Crippen LogP contribution >= 0.6 is 0 Å². The molecule has 0 saturated carbocycles. The number of fused-ring (bicyclic) bond motifs is 4. The Morgan fingerprint density at radius 1 is 0.450 bits per heavy atom. The SMILES string of the molecule is [C-]#[N+]c1ccc(-c2ccc3c(c2)B(c2c(C)c(C)c(C)c(C)c2C)c2cc(C)cc4c2N3c2ccc(-c3ccc(C#N)cc3)cc2B4c2c(C)c(C)c(C)c(C)c2C)cc1. The van der Waals surface area contributed by atoms with Crippen LogP contribution in [0.2, 0.25) is 0 Å². The number of hydrogen-bond acceptors (Lipinski definition) is 2. The second kappa shape index (κ2) is 14.3. The topological polar surface area (TPSA) is 31.4 Å². The fourth-order valence-electron chi connectivity index (χ4n) is 10.6. The molecule has 3 nitrogen and oxygen atoms in total. The second-order valence-corrected chi connectivity index (χ2v) is 17.5. The average Bonchev–Trinajstić information content (AvgIpc) is 3.27. The molecular weight excluding hydrogens is 724 g/mol. The van der Waals surface area contributed by atoms with Crippen molar-refractivity contribution in [3.05, 3.63) is 175 Å². The molecule has 0 aliphatic carbocycles. The summed E-state index contributed by atoms with van der Waals surface area (Å²) in [7, 11) is 0. The summed E-state index contributed by atoms with van der Waals surface area (Å²) in [5.41, 5.74) is 32.4. The molecule has 2 aliphatic rings. The van der Waals surface area contributed by atoms with Gasteiger partial charge in [0.1, 0.15) is 0 Å². The number of benzene rings is 7. The number of aryl methyl sites for hydroxylation is 1. The molecule has 60 heavy (non-hydrogen) atoms. The number of nitrogens with zero attached hydrogens (tertiary/aromatic N) is 3. The van der Waals surface area contributed by atoms with E-state index in [0.717, 1.165) is 22.3 Å². The van der Waals surface area contributed by atoms with Crippen molar-refractivity contribution in [3.8, 4) is 28.3 Å². The van der Waals surface area contributed by atoms with Crippen LogP contribution in [0, 0.1) is 94.1 Å². The third-order valence-corrected chi connectivity index (χ3v) is 14.7. The summed E-state index contributed by atoms with van der Waals surface area (Å²) in [6, 6.07) is 37.3. The molecule has 7 aromatic carbocycles. The van der Waals surface area contributed by atoms with Crippen LogP contribution in [0.4, 0.5) is 22.7 Å². The Labute approximate surface area is 357 Å². The molecule has 9 rings (SSSR count). The minimum Gasteiger partial charge on any atom is -0.313 e. The Hall–Kier alpha value is -6.55. The Bertz CT molecular complexity index is 2810. The van der Waals surface area contributed by atoms with Crippen molar-refractivity contribution in [1.29, 1.82) is 5.26 Å². The molecule has 0 fully saturated rings. The molecule has 0 aromatic heterocycles. The van der Waals surface area contributed by atoms with E-state index in [4.69, 9.17) is 6.57 Å². The summed E-state index contributed by atoms with van der Waals surface area (Å²) in [5.74, 6) is 0. The molecular formula is C55H49B2N3. The zero-order chi connectivity index (χ0) is 42.5. The van der Waals surface area contributed by atoms with Crippen molar-refractivity contribution in [2.75, 3.05) is 4.90 Å². The Morgan fingerprint density at radius 3 is 1.20 bits per heavy atom. The smallest absolute Gasteiger partial charge is 0.247 e. The summed E-state index contributed by atoms with van der Waals surface area (Å²) in [6.07, 6.45) is 0. The van der Waals surface area contributed by atoms with Gasteiger partial charge in [-0.05, 0) is 178 Å². The van der Waals surface area contributed by atoms with Crippen LogP contribution in [0.3, 0.4) is 0 Å². The molecule has 0 saturated heterocycles. The number of hydrogen-bond donors (Lipinski definition) is 0. The van der Waals surface area contributed by atoms with Crippen molar-refractivity contribution in [1.82, 2.24) is 0 Å². The Kier molecular flexibility index (Phi) is 9.30. The highest BCUT2D eigenvalue weighted by atomic mass is 15.2. The van der Waals surface area contributed by atoms with Gasteiger partial charge in [0.2, 0.25) is 13.4 Å². The number of rotatable bonds is 4. The van der Waals surface area contributed by atoms with Crippen LogP contribution in [0.1, 0.15) is 66.8 Å². The molecule has 0 amide bonds. The Balaban J connectivity index is 1.41. The molecule has 0 bridgehead atoms. The van der Waals surface area contributed by atoms with Gasteiger partial charge in [0.15, 0.2) is 5.69 Å². The third kappa shape index (κ3) is 5.71. The van der Waals surface area contributed by atoms with Crippen molar-refractivity contribution in [3.63, 3.8) is 0 Å². The van der Waals surface area contributed by atoms with E-state index in [1.54, 1.807) is 0 Å². The summed E-state index contributed by atoms with van der Waals surface area (Å²) < 4.78 is 0. The summed E-state index contributed by atoms with van der Waals surface area (Å²) >= 11 is 0. The van der Waals surface area contributed by atoms with Gasteiger partial charge in [0.25, 0.3) is 0 Å². The van der Waals surface area contributed by atoms with E-state index >= 15 is 0 Å². The van der Waals surface area contributed by atoms with E-state index in [1.807, 2.05) is 24.3 Å². The highest BCUT2D eigenvalue weighted by Crippen LogP contribution is 2.41. The predicted octanol–water partition coefficient (Wildman–Crippen LogP) is 9.96. The lowest BCUT2D eigenvalue weighted by Gasteiger charge is -2.45. The predicted molar refractivity (Wildman–Crippen MR) is 257 cm³/mol. The molecule has 7 aromatic rings.